The summed E-state index contributed by atoms with van der Waals surface area (Å²) in [6, 6.07) is 6.76. The van der Waals surface area contributed by atoms with Crippen molar-refractivity contribution in [3.63, 3.8) is 0 Å². The number of carboxylic acid groups (broad SMARTS) is 1. The Kier molecular flexibility index (Phi) is 4.39. The van der Waals surface area contributed by atoms with Gasteiger partial charge in [0.05, 0.1) is 16.3 Å². The Labute approximate surface area is 144 Å². The summed E-state index contributed by atoms with van der Waals surface area (Å²) >= 11 is 0. The summed E-state index contributed by atoms with van der Waals surface area (Å²) in [6.45, 7) is 4.13. The molecule has 3 rings (SSSR count). The summed E-state index contributed by atoms with van der Waals surface area (Å²) in [5.74, 6) is -1.47. The van der Waals surface area contributed by atoms with Crippen molar-refractivity contribution in [1.82, 2.24) is 14.9 Å². The molecular formula is C18H19N3O4. The number of likely N-dealkylation sites (tertiary alicyclic amines) is 1. The molecule has 0 aliphatic carbocycles. The number of fused-ring (bicyclic) bond motifs is 1. The number of nitrogens with one attached hydrogen (secondary N) is 1. The fourth-order valence-electron chi connectivity index (χ4n) is 3.35. The fraction of sp³-hybridized carbons (Fsp3) is 0.333. The molecule has 0 saturated carbocycles. The van der Waals surface area contributed by atoms with Crippen LogP contribution < -0.4 is 5.56 Å². The van der Waals surface area contributed by atoms with Crippen LogP contribution in [0.1, 0.15) is 29.9 Å². The van der Waals surface area contributed by atoms with Crippen LogP contribution in [0.5, 0.6) is 0 Å². The number of allylic oxidation sites excluding steroid dienone is 1. The molecule has 2 aromatic rings. The van der Waals surface area contributed by atoms with Crippen LogP contribution in [0.15, 0.2) is 41.7 Å². The lowest BCUT2D eigenvalue weighted by Gasteiger charge is -2.39. The van der Waals surface area contributed by atoms with E-state index >= 15 is 0 Å². The number of aromatic amines is 1. The number of hydrogen-bond donors (Lipinski definition) is 2. The Bertz CT molecular complexity index is 905. The van der Waals surface area contributed by atoms with Gasteiger partial charge in [0.25, 0.3) is 11.5 Å². The van der Waals surface area contributed by atoms with Gasteiger partial charge >= 0.3 is 5.97 Å². The fourth-order valence-corrected chi connectivity index (χ4v) is 3.35. The Hall–Kier alpha value is -2.96. The quantitative estimate of drug-likeness (QED) is 0.826. The molecule has 0 bridgehead atoms. The first-order chi connectivity index (χ1) is 12.0. The Morgan fingerprint density at radius 3 is 2.88 bits per heavy atom. The minimum atomic E-state index is -1.03. The molecule has 0 radical (unpaired) electrons. The highest BCUT2D eigenvalue weighted by Crippen LogP contribution is 2.34. The van der Waals surface area contributed by atoms with E-state index in [1.807, 2.05) is 0 Å². The summed E-state index contributed by atoms with van der Waals surface area (Å²) in [5.41, 5.74) is -0.990. The first-order valence-corrected chi connectivity index (χ1v) is 8.09. The van der Waals surface area contributed by atoms with Gasteiger partial charge in [-0.25, -0.2) is 4.98 Å². The number of benzene rings is 1. The number of aromatic nitrogens is 2. The molecule has 1 amide bonds. The third kappa shape index (κ3) is 3.05. The number of carboxylic acids is 1. The van der Waals surface area contributed by atoms with Gasteiger partial charge in [-0.1, -0.05) is 18.2 Å². The molecule has 1 aromatic carbocycles. The molecule has 1 unspecified atom stereocenters. The molecule has 2 heterocycles. The van der Waals surface area contributed by atoms with E-state index in [1.165, 1.54) is 4.90 Å². The molecule has 130 valence electrons. The topological polar surface area (TPSA) is 103 Å². The van der Waals surface area contributed by atoms with Crippen LogP contribution in [0.2, 0.25) is 0 Å². The zero-order valence-electron chi connectivity index (χ0n) is 13.7. The first kappa shape index (κ1) is 16.9. The van der Waals surface area contributed by atoms with Crippen LogP contribution in [-0.2, 0) is 4.79 Å². The van der Waals surface area contributed by atoms with Gasteiger partial charge in [-0.05, 0) is 31.4 Å². The van der Waals surface area contributed by atoms with Crippen LogP contribution in [0.25, 0.3) is 10.9 Å². The number of amides is 1. The number of carbonyl (C=O) groups excluding carboxylic acids is 1. The third-order valence-electron chi connectivity index (χ3n) is 4.67. The molecule has 1 aliphatic heterocycles. The second kappa shape index (κ2) is 6.51. The highest BCUT2D eigenvalue weighted by molar-refractivity contribution is 5.93. The van der Waals surface area contributed by atoms with Crippen LogP contribution in [0, 0.1) is 5.41 Å². The summed E-state index contributed by atoms with van der Waals surface area (Å²) in [6.07, 6.45) is 2.91. The van der Waals surface area contributed by atoms with Gasteiger partial charge in [0, 0.05) is 13.1 Å². The van der Waals surface area contributed by atoms with E-state index in [0.717, 1.165) is 0 Å². The van der Waals surface area contributed by atoms with Crippen LogP contribution in [0.4, 0.5) is 0 Å². The van der Waals surface area contributed by atoms with E-state index in [2.05, 4.69) is 16.5 Å². The molecule has 0 spiro atoms. The Balaban J connectivity index is 1.94. The van der Waals surface area contributed by atoms with Gasteiger partial charge in [-0.15, -0.1) is 6.58 Å². The molecular weight excluding hydrogens is 322 g/mol. The molecule has 1 aliphatic rings. The minimum Gasteiger partial charge on any atom is -0.481 e. The maximum absolute atomic E-state index is 12.8. The summed E-state index contributed by atoms with van der Waals surface area (Å²) in [5, 5.41) is 10.0. The maximum Gasteiger partial charge on any atom is 0.311 e. The van der Waals surface area contributed by atoms with Gasteiger partial charge in [-0.3, -0.25) is 14.4 Å². The molecule has 1 fully saturated rings. The van der Waals surface area contributed by atoms with E-state index in [4.69, 9.17) is 0 Å². The van der Waals surface area contributed by atoms with Crippen molar-refractivity contribution >= 4 is 22.8 Å². The van der Waals surface area contributed by atoms with Crippen LogP contribution in [-0.4, -0.2) is 44.9 Å². The van der Waals surface area contributed by atoms with E-state index in [0.29, 0.717) is 30.3 Å². The SMILES string of the molecule is C=CCC1(C(=O)O)CCCN(C(=O)c2nc3ccccc3c(=O)[nH]2)C1. The number of H-pyrrole nitrogens is 1. The van der Waals surface area contributed by atoms with Crippen LogP contribution >= 0.6 is 0 Å². The zero-order chi connectivity index (χ0) is 18.0. The lowest BCUT2D eigenvalue weighted by atomic mass is 9.77. The summed E-state index contributed by atoms with van der Waals surface area (Å²) < 4.78 is 0. The molecule has 7 nitrogen and oxygen atoms in total. The lowest BCUT2D eigenvalue weighted by Crippen LogP contribution is -2.50. The molecule has 1 saturated heterocycles. The third-order valence-corrected chi connectivity index (χ3v) is 4.67. The zero-order valence-corrected chi connectivity index (χ0v) is 13.7. The minimum absolute atomic E-state index is 0.0662. The molecule has 2 N–H and O–H groups in total. The normalized spacial score (nSPS) is 20.4. The highest BCUT2D eigenvalue weighted by Gasteiger charge is 2.43. The number of aliphatic carboxylic acids is 1. The van der Waals surface area contributed by atoms with Gasteiger partial charge in [-0.2, -0.15) is 0 Å². The van der Waals surface area contributed by atoms with Crippen molar-refractivity contribution in [1.29, 1.82) is 0 Å². The average molecular weight is 341 g/mol. The second-order valence-corrected chi connectivity index (χ2v) is 6.34. The monoisotopic (exact) mass is 341 g/mol. The highest BCUT2D eigenvalue weighted by atomic mass is 16.4. The van der Waals surface area contributed by atoms with Gasteiger partial charge < -0.3 is 15.0 Å². The largest absolute Gasteiger partial charge is 0.481 e. The molecule has 7 heteroatoms. The van der Waals surface area contributed by atoms with Gasteiger partial charge in [0.1, 0.15) is 0 Å². The Morgan fingerprint density at radius 2 is 2.16 bits per heavy atom. The molecule has 1 atom stereocenters. The smallest absolute Gasteiger partial charge is 0.311 e. The Morgan fingerprint density at radius 1 is 1.40 bits per heavy atom. The number of hydrogen-bond acceptors (Lipinski definition) is 4. The number of piperidine rings is 1. The predicted octanol–water partition coefficient (Wildman–Crippen LogP) is 1.81. The van der Waals surface area contributed by atoms with E-state index in [1.54, 1.807) is 30.3 Å². The van der Waals surface area contributed by atoms with Crippen molar-refractivity contribution in [2.45, 2.75) is 19.3 Å². The standard InChI is InChI=1S/C18H19N3O4/c1-2-8-18(17(24)25)9-5-10-21(11-18)16(23)14-19-13-7-4-3-6-12(13)15(22)20-14/h2-4,6-7H,1,5,8-11H2,(H,24,25)(H,19,20,22). The maximum atomic E-state index is 12.8. The van der Waals surface area contributed by atoms with Gasteiger partial charge in [0.15, 0.2) is 5.82 Å². The average Bonchev–Trinajstić information content (AvgIpc) is 2.61. The van der Waals surface area contributed by atoms with E-state index in [9.17, 15) is 19.5 Å². The number of para-hydroxylation sites is 1. The van der Waals surface area contributed by atoms with Crippen molar-refractivity contribution in [3.8, 4) is 0 Å². The number of nitrogens with zero attached hydrogens (tertiary/aromatic N) is 2. The predicted molar refractivity (Wildman–Crippen MR) is 92.4 cm³/mol. The van der Waals surface area contributed by atoms with Crippen molar-refractivity contribution < 1.29 is 14.7 Å². The molecule has 25 heavy (non-hydrogen) atoms. The number of carbonyl (C=O) groups is 2. The van der Waals surface area contributed by atoms with E-state index < -0.39 is 17.3 Å². The van der Waals surface area contributed by atoms with Crippen molar-refractivity contribution in [3.05, 3.63) is 53.1 Å². The number of rotatable bonds is 4. The summed E-state index contributed by atoms with van der Waals surface area (Å²) in [4.78, 5) is 44.9. The molecule has 1 aromatic heterocycles. The summed E-state index contributed by atoms with van der Waals surface area (Å²) in [7, 11) is 0. The van der Waals surface area contributed by atoms with E-state index in [-0.39, 0.29) is 24.3 Å². The first-order valence-electron chi connectivity index (χ1n) is 8.09. The second-order valence-electron chi connectivity index (χ2n) is 6.34. The van der Waals surface area contributed by atoms with Gasteiger partial charge in [0.2, 0.25) is 0 Å². The van der Waals surface area contributed by atoms with Crippen molar-refractivity contribution in [2.75, 3.05) is 13.1 Å². The van der Waals surface area contributed by atoms with Crippen LogP contribution in [0.3, 0.4) is 0 Å². The lowest BCUT2D eigenvalue weighted by molar-refractivity contribution is -0.151. The van der Waals surface area contributed by atoms with Crippen molar-refractivity contribution in [2.24, 2.45) is 5.41 Å².